The van der Waals surface area contributed by atoms with Crippen LogP contribution in [0.15, 0.2) is 12.1 Å². The molecule has 1 rings (SSSR count). The Balaban J connectivity index is 3.30. The molecule has 0 aliphatic rings. The second-order valence-electron chi connectivity index (χ2n) is 6.90. The van der Waals surface area contributed by atoms with Gasteiger partial charge in [-0.2, -0.15) is 0 Å². The highest BCUT2D eigenvalue weighted by atomic mass is 35.5. The van der Waals surface area contributed by atoms with Crippen LogP contribution in [0.5, 0.6) is 0 Å². The van der Waals surface area contributed by atoms with Crippen molar-refractivity contribution < 1.29 is 19.1 Å². The SMILES string of the molecule is CCC(C)(CC)OC(=O)c1cc(Cl)c(Cl)cc1C(=O)OC(C)(CC)CC. The van der Waals surface area contributed by atoms with Gasteiger partial charge in [-0.15, -0.1) is 0 Å². The number of halogens is 2. The monoisotopic (exact) mass is 402 g/mol. The summed E-state index contributed by atoms with van der Waals surface area (Å²) in [5.74, 6) is -1.23. The predicted molar refractivity (Wildman–Crippen MR) is 105 cm³/mol. The standard InChI is InChI=1S/C20H28Cl2O4/c1-7-19(5,8-2)25-17(23)13-11-15(21)16(22)12-14(13)18(24)26-20(6,9-3)10-4/h11-12H,7-10H2,1-6H3. The number of benzene rings is 1. The largest absolute Gasteiger partial charge is 0.456 e. The fourth-order valence-corrected chi connectivity index (χ4v) is 2.56. The number of carbonyl (C=O) groups is 2. The minimum Gasteiger partial charge on any atom is -0.456 e. The van der Waals surface area contributed by atoms with E-state index in [2.05, 4.69) is 0 Å². The first-order valence-electron chi connectivity index (χ1n) is 9.00. The minimum absolute atomic E-state index is 0.0621. The van der Waals surface area contributed by atoms with Gasteiger partial charge in [0.2, 0.25) is 0 Å². The van der Waals surface area contributed by atoms with Gasteiger partial charge in [-0.25, -0.2) is 9.59 Å². The van der Waals surface area contributed by atoms with Gasteiger partial charge < -0.3 is 9.47 Å². The van der Waals surface area contributed by atoms with Crippen LogP contribution in [-0.2, 0) is 9.47 Å². The Bertz CT molecular complexity index is 605. The number of hydrogen-bond donors (Lipinski definition) is 0. The van der Waals surface area contributed by atoms with Crippen molar-refractivity contribution in [2.45, 2.75) is 78.4 Å². The molecular weight excluding hydrogens is 375 g/mol. The molecule has 0 aliphatic heterocycles. The van der Waals surface area contributed by atoms with Gasteiger partial charge in [0.25, 0.3) is 0 Å². The van der Waals surface area contributed by atoms with Crippen LogP contribution in [0.4, 0.5) is 0 Å². The maximum atomic E-state index is 12.7. The second-order valence-corrected chi connectivity index (χ2v) is 7.72. The van der Waals surface area contributed by atoms with Gasteiger partial charge in [0.1, 0.15) is 11.2 Å². The average Bonchev–Trinajstić information content (AvgIpc) is 2.62. The van der Waals surface area contributed by atoms with Gasteiger partial charge in [0.15, 0.2) is 0 Å². The van der Waals surface area contributed by atoms with Crippen LogP contribution < -0.4 is 0 Å². The normalized spacial score (nSPS) is 12.0. The molecule has 0 radical (unpaired) electrons. The average molecular weight is 403 g/mol. The Morgan fingerprint density at radius 3 is 1.27 bits per heavy atom. The zero-order chi connectivity index (χ0) is 20.1. The van der Waals surface area contributed by atoms with Crippen LogP contribution in [-0.4, -0.2) is 23.1 Å². The molecule has 0 spiro atoms. The summed E-state index contributed by atoms with van der Waals surface area (Å²) in [7, 11) is 0. The van der Waals surface area contributed by atoms with Crippen molar-refractivity contribution in [1.82, 2.24) is 0 Å². The molecule has 0 N–H and O–H groups in total. The van der Waals surface area contributed by atoms with Crippen LogP contribution >= 0.6 is 23.2 Å². The molecule has 0 atom stereocenters. The molecule has 26 heavy (non-hydrogen) atoms. The highest BCUT2D eigenvalue weighted by Crippen LogP contribution is 2.31. The predicted octanol–water partition coefficient (Wildman–Crippen LogP) is 6.46. The lowest BCUT2D eigenvalue weighted by Crippen LogP contribution is -2.33. The molecular formula is C20H28Cl2O4. The fraction of sp³-hybridized carbons (Fsp3) is 0.600. The third kappa shape index (κ3) is 5.37. The summed E-state index contributed by atoms with van der Waals surface area (Å²) in [6, 6.07) is 2.73. The molecule has 0 bridgehead atoms. The summed E-state index contributed by atoms with van der Waals surface area (Å²) < 4.78 is 11.3. The molecule has 0 amide bonds. The summed E-state index contributed by atoms with van der Waals surface area (Å²) in [6.07, 6.45) is 2.61. The third-order valence-electron chi connectivity index (χ3n) is 5.17. The molecule has 0 heterocycles. The van der Waals surface area contributed by atoms with E-state index in [1.54, 1.807) is 0 Å². The van der Waals surface area contributed by atoms with Gasteiger partial charge >= 0.3 is 11.9 Å². The lowest BCUT2D eigenvalue weighted by Gasteiger charge is -2.29. The van der Waals surface area contributed by atoms with Crippen molar-refractivity contribution in [3.8, 4) is 0 Å². The third-order valence-corrected chi connectivity index (χ3v) is 5.89. The van der Waals surface area contributed by atoms with Gasteiger partial charge in [0, 0.05) is 0 Å². The smallest absolute Gasteiger partial charge is 0.339 e. The summed E-state index contributed by atoms with van der Waals surface area (Å²) in [5, 5.41) is 0.359. The first-order valence-corrected chi connectivity index (χ1v) is 9.76. The number of ether oxygens (including phenoxy) is 2. The lowest BCUT2D eigenvalue weighted by molar-refractivity contribution is -0.0176. The molecule has 0 unspecified atom stereocenters. The van der Waals surface area contributed by atoms with E-state index in [1.165, 1.54) is 12.1 Å². The van der Waals surface area contributed by atoms with E-state index < -0.39 is 23.1 Å². The Labute approximate surface area is 166 Å². The molecule has 0 aromatic heterocycles. The van der Waals surface area contributed by atoms with E-state index in [9.17, 15) is 9.59 Å². The Hall–Kier alpha value is -1.26. The summed E-state index contributed by atoms with van der Waals surface area (Å²) in [5.41, 5.74) is -1.11. The number of rotatable bonds is 8. The van der Waals surface area contributed by atoms with E-state index in [-0.39, 0.29) is 21.2 Å². The highest BCUT2D eigenvalue weighted by molar-refractivity contribution is 6.42. The van der Waals surface area contributed by atoms with E-state index in [0.717, 1.165) is 0 Å². The Morgan fingerprint density at radius 1 is 0.769 bits per heavy atom. The zero-order valence-electron chi connectivity index (χ0n) is 16.4. The Morgan fingerprint density at radius 2 is 1.04 bits per heavy atom. The second kappa shape index (κ2) is 9.09. The lowest BCUT2D eigenvalue weighted by atomic mass is 9.99. The van der Waals surface area contributed by atoms with E-state index in [1.807, 2.05) is 41.5 Å². The van der Waals surface area contributed by atoms with Crippen LogP contribution in [0.3, 0.4) is 0 Å². The quantitative estimate of drug-likeness (QED) is 0.467. The van der Waals surface area contributed by atoms with Crippen LogP contribution in [0.2, 0.25) is 10.0 Å². The molecule has 0 saturated carbocycles. The number of esters is 2. The number of carbonyl (C=O) groups excluding carboxylic acids is 2. The summed E-state index contributed by atoms with van der Waals surface area (Å²) >= 11 is 12.1. The molecule has 146 valence electrons. The molecule has 0 aliphatic carbocycles. The molecule has 0 saturated heterocycles. The molecule has 6 heteroatoms. The summed E-state index contributed by atoms with van der Waals surface area (Å²) in [6.45, 7) is 11.5. The minimum atomic E-state index is -0.619. The molecule has 1 aromatic rings. The molecule has 0 fully saturated rings. The van der Waals surface area contributed by atoms with Crippen LogP contribution in [0.25, 0.3) is 0 Å². The van der Waals surface area contributed by atoms with Crippen LogP contribution in [0, 0.1) is 0 Å². The Kier molecular flexibility index (Phi) is 7.97. The maximum absolute atomic E-state index is 12.7. The highest BCUT2D eigenvalue weighted by Gasteiger charge is 2.31. The van der Waals surface area contributed by atoms with Crippen molar-refractivity contribution in [1.29, 1.82) is 0 Å². The van der Waals surface area contributed by atoms with Crippen molar-refractivity contribution >= 4 is 35.1 Å². The van der Waals surface area contributed by atoms with Crippen molar-refractivity contribution in [3.05, 3.63) is 33.3 Å². The number of hydrogen-bond acceptors (Lipinski definition) is 4. The maximum Gasteiger partial charge on any atom is 0.339 e. The van der Waals surface area contributed by atoms with E-state index in [4.69, 9.17) is 32.7 Å². The first-order chi connectivity index (χ1) is 12.0. The van der Waals surface area contributed by atoms with Gasteiger partial charge in [-0.05, 0) is 51.7 Å². The van der Waals surface area contributed by atoms with Crippen molar-refractivity contribution in [2.75, 3.05) is 0 Å². The van der Waals surface area contributed by atoms with Crippen molar-refractivity contribution in [2.24, 2.45) is 0 Å². The fourth-order valence-electron chi connectivity index (χ4n) is 2.23. The topological polar surface area (TPSA) is 52.6 Å². The summed E-state index contributed by atoms with van der Waals surface area (Å²) in [4.78, 5) is 25.5. The molecule has 4 nitrogen and oxygen atoms in total. The molecule has 1 aromatic carbocycles. The van der Waals surface area contributed by atoms with Gasteiger partial charge in [-0.1, -0.05) is 50.9 Å². The van der Waals surface area contributed by atoms with Crippen LogP contribution in [0.1, 0.15) is 87.9 Å². The zero-order valence-corrected chi connectivity index (χ0v) is 17.9. The van der Waals surface area contributed by atoms with Gasteiger partial charge in [-0.3, -0.25) is 0 Å². The van der Waals surface area contributed by atoms with Crippen molar-refractivity contribution in [3.63, 3.8) is 0 Å². The van der Waals surface area contributed by atoms with E-state index >= 15 is 0 Å². The van der Waals surface area contributed by atoms with Gasteiger partial charge in [0.05, 0.1) is 21.2 Å². The first kappa shape index (κ1) is 22.8. The van der Waals surface area contributed by atoms with E-state index in [0.29, 0.717) is 25.7 Å².